The van der Waals surface area contributed by atoms with Gasteiger partial charge in [-0.05, 0) is 110 Å². The fourth-order valence-corrected chi connectivity index (χ4v) is 6.85. The minimum atomic E-state index is -0.504. The summed E-state index contributed by atoms with van der Waals surface area (Å²) in [7, 11) is 0. The number of nitrogens with two attached hydrogens (primary N) is 2. The third-order valence-corrected chi connectivity index (χ3v) is 10.1. The summed E-state index contributed by atoms with van der Waals surface area (Å²) >= 11 is 0. The molecule has 0 heterocycles. The van der Waals surface area contributed by atoms with Gasteiger partial charge in [0.05, 0.1) is 0 Å². The lowest BCUT2D eigenvalue weighted by molar-refractivity contribution is 0.200. The summed E-state index contributed by atoms with van der Waals surface area (Å²) in [5, 5.41) is 66.4. The van der Waals surface area contributed by atoms with Gasteiger partial charge in [-0.15, -0.1) is 0 Å². The van der Waals surface area contributed by atoms with Crippen molar-refractivity contribution in [1.29, 1.82) is 0 Å². The largest absolute Gasteiger partial charge is 0.507 e. The van der Waals surface area contributed by atoms with Gasteiger partial charge in [0.2, 0.25) is 0 Å². The Morgan fingerprint density at radius 1 is 0.673 bits per heavy atom. The standard InChI is InChI=1S/C42H58N4O6/c1-5-42(4,35-21-31(11-15-44)18-32(41(35)52)24-45-16-12-28-6-8-36(47)38(49)22-28)26-46(17-13-29-7-9-37(48)39(50)23-29)25-33-19-30(10-14-43)20-34(27(2)3)40(33)51/h6-9,18-23,27,45,47-52H,5,10-17,24-26,43-44H2,1-4H3. The highest BCUT2D eigenvalue weighted by molar-refractivity contribution is 5.49. The Balaban J connectivity index is 1.67. The van der Waals surface area contributed by atoms with E-state index in [-0.39, 0.29) is 40.4 Å². The van der Waals surface area contributed by atoms with Crippen molar-refractivity contribution in [3.05, 3.63) is 105 Å². The lowest BCUT2D eigenvalue weighted by Gasteiger charge is -2.37. The van der Waals surface area contributed by atoms with E-state index in [1.165, 1.54) is 12.1 Å². The van der Waals surface area contributed by atoms with Crippen molar-refractivity contribution in [1.82, 2.24) is 10.2 Å². The van der Waals surface area contributed by atoms with Crippen LogP contribution in [-0.2, 0) is 44.2 Å². The van der Waals surface area contributed by atoms with Crippen LogP contribution in [0.25, 0.3) is 0 Å². The lowest BCUT2D eigenvalue weighted by atomic mass is 9.77. The van der Waals surface area contributed by atoms with Crippen molar-refractivity contribution in [3.8, 4) is 34.5 Å². The van der Waals surface area contributed by atoms with Crippen LogP contribution in [0.4, 0.5) is 0 Å². The number of hydrogen-bond donors (Lipinski definition) is 9. The van der Waals surface area contributed by atoms with Gasteiger partial charge in [-0.3, -0.25) is 4.90 Å². The van der Waals surface area contributed by atoms with E-state index in [1.807, 2.05) is 18.2 Å². The van der Waals surface area contributed by atoms with Crippen LogP contribution in [0, 0.1) is 0 Å². The summed E-state index contributed by atoms with van der Waals surface area (Å²) < 4.78 is 0. The number of aromatic hydroxyl groups is 6. The quantitative estimate of drug-likeness (QED) is 0.0425. The Morgan fingerprint density at radius 3 is 1.81 bits per heavy atom. The number of phenols is 6. The third-order valence-electron chi connectivity index (χ3n) is 10.1. The summed E-state index contributed by atoms with van der Waals surface area (Å²) in [6.07, 6.45) is 3.28. The number of hydrogen-bond acceptors (Lipinski definition) is 10. The van der Waals surface area contributed by atoms with Crippen molar-refractivity contribution in [2.75, 3.05) is 32.7 Å². The number of phenolic OH excluding ortho intramolecular Hbond substituents is 6. The molecule has 1 atom stereocenters. The monoisotopic (exact) mass is 714 g/mol. The zero-order chi connectivity index (χ0) is 38.0. The molecule has 0 bridgehead atoms. The molecule has 10 nitrogen and oxygen atoms in total. The second-order valence-electron chi connectivity index (χ2n) is 14.5. The molecule has 11 N–H and O–H groups in total. The van der Waals surface area contributed by atoms with Gasteiger partial charge >= 0.3 is 0 Å². The van der Waals surface area contributed by atoms with Gasteiger partial charge in [-0.1, -0.05) is 64.1 Å². The molecule has 0 saturated heterocycles. The predicted octanol–water partition coefficient (Wildman–Crippen LogP) is 5.79. The molecule has 0 amide bonds. The van der Waals surface area contributed by atoms with Crippen molar-refractivity contribution in [2.24, 2.45) is 11.5 Å². The van der Waals surface area contributed by atoms with Gasteiger partial charge in [0.25, 0.3) is 0 Å². The SMILES string of the molecule is CCC(C)(CN(CCc1ccc(O)c(O)c1)Cc1cc(CCN)cc(C(C)C)c1O)c1cc(CCN)cc(CNCCc2ccc(O)c(O)c2)c1O. The first-order valence-corrected chi connectivity index (χ1v) is 18.3. The maximum atomic E-state index is 11.9. The van der Waals surface area contributed by atoms with Crippen LogP contribution in [0.5, 0.6) is 34.5 Å². The zero-order valence-electron chi connectivity index (χ0n) is 31.1. The van der Waals surface area contributed by atoms with E-state index in [0.717, 1.165) is 50.9 Å². The predicted molar refractivity (Wildman–Crippen MR) is 207 cm³/mol. The Kier molecular flexibility index (Phi) is 14.2. The third kappa shape index (κ3) is 10.3. The number of nitrogens with zero attached hydrogens (tertiary/aromatic N) is 1. The molecule has 0 aliphatic heterocycles. The van der Waals surface area contributed by atoms with E-state index < -0.39 is 5.41 Å². The van der Waals surface area contributed by atoms with Crippen LogP contribution in [0.15, 0.2) is 60.7 Å². The summed E-state index contributed by atoms with van der Waals surface area (Å²) in [6, 6.07) is 17.8. The van der Waals surface area contributed by atoms with Crippen molar-refractivity contribution >= 4 is 0 Å². The van der Waals surface area contributed by atoms with E-state index in [4.69, 9.17) is 11.5 Å². The summed E-state index contributed by atoms with van der Waals surface area (Å²) in [6.45, 7) is 12.0. The van der Waals surface area contributed by atoms with Crippen molar-refractivity contribution in [3.63, 3.8) is 0 Å². The second kappa shape index (κ2) is 18.3. The first-order valence-electron chi connectivity index (χ1n) is 18.3. The first kappa shape index (κ1) is 40.3. The van der Waals surface area contributed by atoms with Gasteiger partial charge in [0.15, 0.2) is 23.0 Å². The van der Waals surface area contributed by atoms with Crippen molar-refractivity contribution in [2.45, 2.75) is 84.2 Å². The minimum Gasteiger partial charge on any atom is -0.507 e. The summed E-state index contributed by atoms with van der Waals surface area (Å²) in [4.78, 5) is 2.29. The van der Waals surface area contributed by atoms with Gasteiger partial charge in [0.1, 0.15) is 11.5 Å². The topological polar surface area (TPSA) is 189 Å². The molecule has 282 valence electrons. The average molecular weight is 715 g/mol. The molecule has 10 heteroatoms. The molecular formula is C42H58N4O6. The number of nitrogens with one attached hydrogen (secondary N) is 1. The molecule has 0 aliphatic rings. The molecule has 0 saturated carbocycles. The van der Waals surface area contributed by atoms with Gasteiger partial charge in [0, 0.05) is 48.3 Å². The Bertz CT molecular complexity index is 1800. The van der Waals surface area contributed by atoms with E-state index in [1.54, 1.807) is 24.3 Å². The van der Waals surface area contributed by atoms with Gasteiger partial charge < -0.3 is 47.4 Å². The molecular weight excluding hydrogens is 656 g/mol. The number of benzene rings is 4. The highest BCUT2D eigenvalue weighted by atomic mass is 16.3. The summed E-state index contributed by atoms with van der Waals surface area (Å²) in [5.74, 6) is -0.00104. The summed E-state index contributed by atoms with van der Waals surface area (Å²) in [5.41, 5.74) is 18.6. The lowest BCUT2D eigenvalue weighted by Crippen LogP contribution is -2.40. The second-order valence-corrected chi connectivity index (χ2v) is 14.5. The maximum Gasteiger partial charge on any atom is 0.157 e. The molecule has 0 aliphatic carbocycles. The molecule has 0 fully saturated rings. The first-order chi connectivity index (χ1) is 24.8. The molecule has 4 aromatic rings. The fraction of sp³-hybridized carbons (Fsp3) is 0.429. The molecule has 1 unspecified atom stereocenters. The molecule has 52 heavy (non-hydrogen) atoms. The van der Waals surface area contributed by atoms with E-state index in [9.17, 15) is 30.6 Å². The van der Waals surface area contributed by atoms with E-state index in [0.29, 0.717) is 71.5 Å². The van der Waals surface area contributed by atoms with Gasteiger partial charge in [-0.2, -0.15) is 0 Å². The van der Waals surface area contributed by atoms with Crippen LogP contribution in [0.3, 0.4) is 0 Å². The van der Waals surface area contributed by atoms with Gasteiger partial charge in [-0.25, -0.2) is 0 Å². The van der Waals surface area contributed by atoms with Crippen LogP contribution >= 0.6 is 0 Å². The van der Waals surface area contributed by atoms with Crippen LogP contribution < -0.4 is 16.8 Å². The molecule has 4 aromatic carbocycles. The minimum absolute atomic E-state index is 0.119. The molecule has 0 radical (unpaired) electrons. The van der Waals surface area contributed by atoms with Crippen LogP contribution in [-0.4, -0.2) is 68.3 Å². The molecule has 0 spiro atoms. The highest BCUT2D eigenvalue weighted by Crippen LogP contribution is 2.39. The molecule has 4 rings (SSSR count). The number of rotatable bonds is 19. The molecule has 0 aromatic heterocycles. The zero-order valence-corrected chi connectivity index (χ0v) is 31.1. The van der Waals surface area contributed by atoms with Crippen LogP contribution in [0.1, 0.15) is 84.5 Å². The maximum absolute atomic E-state index is 11.9. The van der Waals surface area contributed by atoms with Crippen molar-refractivity contribution < 1.29 is 30.6 Å². The van der Waals surface area contributed by atoms with E-state index >= 15 is 0 Å². The normalized spacial score (nSPS) is 12.8. The highest BCUT2D eigenvalue weighted by Gasteiger charge is 2.32. The average Bonchev–Trinajstić information content (AvgIpc) is 3.11. The Labute approximate surface area is 308 Å². The Morgan fingerprint density at radius 2 is 1.25 bits per heavy atom. The Hall–Kier alpha value is -4.48. The smallest absolute Gasteiger partial charge is 0.157 e. The van der Waals surface area contributed by atoms with Crippen LogP contribution in [0.2, 0.25) is 0 Å². The fourth-order valence-electron chi connectivity index (χ4n) is 6.85. The van der Waals surface area contributed by atoms with E-state index in [2.05, 4.69) is 44.0 Å².